The topological polar surface area (TPSA) is 98.5 Å². The first-order valence-electron chi connectivity index (χ1n) is 16.0. The molecule has 2 saturated heterocycles. The van der Waals surface area contributed by atoms with Crippen molar-refractivity contribution in [2.24, 2.45) is 5.41 Å². The van der Waals surface area contributed by atoms with Crippen LogP contribution in [-0.2, 0) is 4.79 Å². The number of rotatable bonds is 8. The summed E-state index contributed by atoms with van der Waals surface area (Å²) in [6.45, 7) is 7.37. The van der Waals surface area contributed by atoms with Crippen molar-refractivity contribution in [3.05, 3.63) is 66.4 Å². The zero-order valence-corrected chi connectivity index (χ0v) is 27.3. The molecule has 1 unspecified atom stereocenters. The maximum Gasteiger partial charge on any atom is 0.319 e. The van der Waals surface area contributed by atoms with Crippen LogP contribution in [0.5, 0.6) is 6.01 Å². The SMILES string of the molecule is C#Cc1c(F)ccc2cccc(-c3ncc4c(N(C)C[C@H]5N(C(=O)C=C)CCC5(C)C#N)nc(OC[C@@H]5CCCCN5C)nc4c3F)c12. The minimum absolute atomic E-state index is 0.0128. The fraction of sp³-hybridized carbons (Fsp3) is 0.378. The van der Waals surface area contributed by atoms with E-state index in [2.05, 4.69) is 33.4 Å². The van der Waals surface area contributed by atoms with E-state index in [4.69, 9.17) is 16.1 Å². The molecule has 1 amide bonds. The van der Waals surface area contributed by atoms with Crippen molar-refractivity contribution in [3.63, 3.8) is 0 Å². The summed E-state index contributed by atoms with van der Waals surface area (Å²) in [6, 6.07) is 10.1. The number of anilines is 1. The molecular weight excluding hydrogens is 612 g/mol. The third kappa shape index (κ3) is 5.80. The summed E-state index contributed by atoms with van der Waals surface area (Å²) < 4.78 is 37.8. The van der Waals surface area contributed by atoms with E-state index in [1.807, 2.05) is 14.0 Å². The maximum atomic E-state index is 16.8. The van der Waals surface area contributed by atoms with Crippen LogP contribution in [0.15, 0.2) is 49.2 Å². The lowest BCUT2D eigenvalue weighted by atomic mass is 9.83. The summed E-state index contributed by atoms with van der Waals surface area (Å²) in [5.41, 5.74) is -0.558. The highest BCUT2D eigenvalue weighted by atomic mass is 19.1. The second kappa shape index (κ2) is 13.2. The fourth-order valence-corrected chi connectivity index (χ4v) is 6.96. The van der Waals surface area contributed by atoms with Crippen molar-refractivity contribution in [2.45, 2.75) is 44.7 Å². The summed E-state index contributed by atoms with van der Waals surface area (Å²) in [4.78, 5) is 32.2. The Morgan fingerprint density at radius 1 is 1.25 bits per heavy atom. The first kappa shape index (κ1) is 32.8. The van der Waals surface area contributed by atoms with Crippen LogP contribution in [-0.4, -0.2) is 83.1 Å². The van der Waals surface area contributed by atoms with E-state index in [-0.39, 0.29) is 41.3 Å². The number of piperidine rings is 1. The van der Waals surface area contributed by atoms with Gasteiger partial charge in [0.2, 0.25) is 5.91 Å². The highest BCUT2D eigenvalue weighted by molar-refractivity contribution is 6.02. The third-order valence-corrected chi connectivity index (χ3v) is 9.87. The van der Waals surface area contributed by atoms with Crippen LogP contribution in [0.25, 0.3) is 32.9 Å². The Bertz CT molecular complexity index is 2000. The smallest absolute Gasteiger partial charge is 0.319 e. The number of terminal acetylenes is 1. The van der Waals surface area contributed by atoms with E-state index < -0.39 is 23.1 Å². The molecule has 2 aliphatic heterocycles. The molecule has 4 heterocycles. The number of likely N-dealkylation sites (tertiary alicyclic amines) is 2. The molecule has 11 heteroatoms. The molecule has 0 radical (unpaired) electrons. The molecule has 0 spiro atoms. The van der Waals surface area contributed by atoms with Crippen molar-refractivity contribution in [2.75, 3.05) is 45.2 Å². The number of nitriles is 1. The van der Waals surface area contributed by atoms with Gasteiger partial charge in [-0.2, -0.15) is 15.2 Å². The molecule has 0 saturated carbocycles. The number of ether oxygens (including phenoxy) is 1. The molecular formula is C37H37F2N7O2. The lowest BCUT2D eigenvalue weighted by Crippen LogP contribution is -2.47. The maximum absolute atomic E-state index is 16.8. The Balaban J connectivity index is 1.48. The van der Waals surface area contributed by atoms with Crippen molar-refractivity contribution in [1.82, 2.24) is 24.8 Å². The largest absolute Gasteiger partial charge is 0.462 e. The molecule has 48 heavy (non-hydrogen) atoms. The van der Waals surface area contributed by atoms with Gasteiger partial charge < -0.3 is 19.4 Å². The monoisotopic (exact) mass is 649 g/mol. The molecule has 6 rings (SSSR count). The van der Waals surface area contributed by atoms with Crippen molar-refractivity contribution >= 4 is 33.4 Å². The average Bonchev–Trinajstić information content (AvgIpc) is 3.43. The van der Waals surface area contributed by atoms with Gasteiger partial charge in [0.25, 0.3) is 0 Å². The Morgan fingerprint density at radius 3 is 2.79 bits per heavy atom. The second-order valence-corrected chi connectivity index (χ2v) is 12.8. The Morgan fingerprint density at radius 2 is 2.06 bits per heavy atom. The standard InChI is InChI=1S/C37H37F2N7O2/c1-6-25-28(38)15-14-23-11-10-13-26(31(23)25)33-32(39)34-27(19-41-33)35(43-36(42-34)48-21-24-12-8-9-17-44(24)4)45(5)20-29-37(3,22-40)16-18-46(29)30(47)7-2/h1,7,10-11,13-15,19,24,29H,2,8-9,12,16-18,20-21H2,3-5H3/t24-,29+,37?/m0/s1. The molecule has 0 N–H and O–H groups in total. The van der Waals surface area contributed by atoms with E-state index >= 15 is 4.39 Å². The van der Waals surface area contributed by atoms with Crippen LogP contribution in [0.4, 0.5) is 14.6 Å². The summed E-state index contributed by atoms with van der Waals surface area (Å²) >= 11 is 0. The van der Waals surface area contributed by atoms with Crippen molar-refractivity contribution in [1.29, 1.82) is 5.26 Å². The lowest BCUT2D eigenvalue weighted by molar-refractivity contribution is -0.127. The Hall–Kier alpha value is -5.13. The highest BCUT2D eigenvalue weighted by Gasteiger charge is 2.46. The average molecular weight is 650 g/mol. The summed E-state index contributed by atoms with van der Waals surface area (Å²) in [6.07, 6.45) is 12.1. The zero-order valence-electron chi connectivity index (χ0n) is 27.3. The molecule has 0 aliphatic carbocycles. The molecule has 3 atom stereocenters. The molecule has 4 aromatic rings. The van der Waals surface area contributed by atoms with Crippen molar-refractivity contribution < 1.29 is 18.3 Å². The highest BCUT2D eigenvalue weighted by Crippen LogP contribution is 2.39. The zero-order chi connectivity index (χ0) is 34.2. The molecule has 9 nitrogen and oxygen atoms in total. The number of hydrogen-bond acceptors (Lipinski definition) is 8. The number of pyridine rings is 1. The molecule has 0 bridgehead atoms. The molecule has 246 valence electrons. The van der Waals surface area contributed by atoms with Gasteiger partial charge in [0.05, 0.1) is 28.5 Å². The number of halogens is 2. The number of carbonyl (C=O) groups is 1. The minimum Gasteiger partial charge on any atom is -0.462 e. The fourth-order valence-electron chi connectivity index (χ4n) is 6.96. The van der Waals surface area contributed by atoms with E-state index in [1.54, 1.807) is 41.1 Å². The van der Waals surface area contributed by atoms with Gasteiger partial charge in [0.15, 0.2) is 5.82 Å². The van der Waals surface area contributed by atoms with Crippen LogP contribution < -0.4 is 9.64 Å². The third-order valence-electron chi connectivity index (χ3n) is 9.87. The first-order chi connectivity index (χ1) is 23.1. The van der Waals surface area contributed by atoms with Crippen LogP contribution in [0.1, 0.15) is 38.2 Å². The molecule has 2 fully saturated rings. The van der Waals surface area contributed by atoms with Gasteiger partial charge in [0.1, 0.15) is 29.5 Å². The van der Waals surface area contributed by atoms with E-state index in [0.717, 1.165) is 25.8 Å². The number of carbonyl (C=O) groups excluding carboxylic acids is 1. The summed E-state index contributed by atoms with van der Waals surface area (Å²) in [5.74, 6) is 1.14. The number of fused-ring (bicyclic) bond motifs is 2. The van der Waals surface area contributed by atoms with Crippen molar-refractivity contribution in [3.8, 4) is 35.7 Å². The predicted octanol–water partition coefficient (Wildman–Crippen LogP) is 5.72. The van der Waals surface area contributed by atoms with Gasteiger partial charge in [-0.05, 0) is 57.3 Å². The lowest BCUT2D eigenvalue weighted by Gasteiger charge is -2.34. The van der Waals surface area contributed by atoms with Crippen LogP contribution in [0.3, 0.4) is 0 Å². The number of benzene rings is 2. The predicted molar refractivity (Wildman–Crippen MR) is 181 cm³/mol. The number of amides is 1. The summed E-state index contributed by atoms with van der Waals surface area (Å²) in [5, 5.41) is 11.4. The molecule has 2 aromatic carbocycles. The number of aromatic nitrogens is 3. The Kier molecular flexibility index (Phi) is 9.00. The minimum atomic E-state index is -0.824. The van der Waals surface area contributed by atoms with Gasteiger partial charge in [-0.1, -0.05) is 43.2 Å². The van der Waals surface area contributed by atoms with Crippen LogP contribution in [0.2, 0.25) is 0 Å². The van der Waals surface area contributed by atoms with E-state index in [9.17, 15) is 14.4 Å². The first-order valence-corrected chi connectivity index (χ1v) is 16.0. The molecule has 2 aromatic heterocycles. The number of likely N-dealkylation sites (N-methyl/N-ethyl adjacent to an activating group) is 2. The molecule has 2 aliphatic rings. The quantitative estimate of drug-likeness (QED) is 0.177. The van der Waals surface area contributed by atoms with Gasteiger partial charge in [0, 0.05) is 43.3 Å². The van der Waals surface area contributed by atoms with Gasteiger partial charge in [-0.15, -0.1) is 6.42 Å². The van der Waals surface area contributed by atoms with E-state index in [0.29, 0.717) is 47.1 Å². The number of hydrogen-bond donors (Lipinski definition) is 0. The second-order valence-electron chi connectivity index (χ2n) is 12.8. The van der Waals surface area contributed by atoms with Crippen LogP contribution >= 0.6 is 0 Å². The van der Waals surface area contributed by atoms with Gasteiger partial charge >= 0.3 is 6.01 Å². The Labute approximate surface area is 278 Å². The summed E-state index contributed by atoms with van der Waals surface area (Å²) in [7, 11) is 3.82. The van der Waals surface area contributed by atoms with Crippen LogP contribution in [0, 0.1) is 40.7 Å². The number of nitrogens with zero attached hydrogens (tertiary/aromatic N) is 7. The van der Waals surface area contributed by atoms with E-state index in [1.165, 1.54) is 18.3 Å². The van der Waals surface area contributed by atoms with Gasteiger partial charge in [-0.3, -0.25) is 9.78 Å². The normalized spacial score (nSPS) is 21.2. The van der Waals surface area contributed by atoms with Gasteiger partial charge in [-0.25, -0.2) is 8.78 Å².